The summed E-state index contributed by atoms with van der Waals surface area (Å²) in [5, 5.41) is 11.2. The minimum Gasteiger partial charge on any atom is -0.296 e. The SMILES string of the molecule is Cc1nnc(NC(=O)c2cccc(F)c2Br)s1. The lowest BCUT2D eigenvalue weighted by atomic mass is 10.2. The zero-order valence-electron chi connectivity index (χ0n) is 8.70. The second-order valence-electron chi connectivity index (χ2n) is 3.18. The Balaban J connectivity index is 2.23. The van der Waals surface area contributed by atoms with Crippen molar-refractivity contribution >= 4 is 38.3 Å². The Labute approximate surface area is 109 Å². The first-order chi connectivity index (χ1) is 8.08. The van der Waals surface area contributed by atoms with Gasteiger partial charge in [0.2, 0.25) is 5.13 Å². The molecule has 0 aliphatic heterocycles. The molecule has 1 aromatic heterocycles. The average Bonchev–Trinajstić information content (AvgIpc) is 2.68. The molecule has 0 spiro atoms. The summed E-state index contributed by atoms with van der Waals surface area (Å²) < 4.78 is 13.4. The highest BCUT2D eigenvalue weighted by Crippen LogP contribution is 2.22. The maximum atomic E-state index is 13.2. The number of carbonyl (C=O) groups is 1. The molecule has 0 radical (unpaired) electrons. The molecule has 1 heterocycles. The largest absolute Gasteiger partial charge is 0.296 e. The average molecular weight is 316 g/mol. The molecule has 2 rings (SSSR count). The van der Waals surface area contributed by atoms with Gasteiger partial charge in [-0.3, -0.25) is 10.1 Å². The molecule has 1 amide bonds. The number of nitrogens with zero attached hydrogens (tertiary/aromatic N) is 2. The van der Waals surface area contributed by atoms with Gasteiger partial charge in [0.15, 0.2) is 0 Å². The van der Waals surface area contributed by atoms with Gasteiger partial charge in [0.05, 0.1) is 10.0 Å². The number of carbonyl (C=O) groups excluding carboxylic acids is 1. The number of halogens is 2. The van der Waals surface area contributed by atoms with E-state index in [9.17, 15) is 9.18 Å². The summed E-state index contributed by atoms with van der Waals surface area (Å²) in [6.07, 6.45) is 0. The number of anilines is 1. The molecule has 4 nitrogen and oxygen atoms in total. The standard InChI is InChI=1S/C10H7BrFN3OS/c1-5-14-15-10(17-5)13-9(16)6-3-2-4-7(12)8(6)11/h2-4H,1H3,(H,13,15,16). The van der Waals surface area contributed by atoms with Crippen LogP contribution < -0.4 is 5.32 Å². The lowest BCUT2D eigenvalue weighted by Crippen LogP contribution is -2.12. The molecule has 0 fully saturated rings. The van der Waals surface area contributed by atoms with Crippen molar-refractivity contribution in [2.45, 2.75) is 6.92 Å². The Hall–Kier alpha value is -1.34. The Morgan fingerprint density at radius 2 is 2.24 bits per heavy atom. The van der Waals surface area contributed by atoms with E-state index in [1.54, 1.807) is 6.92 Å². The normalized spacial score (nSPS) is 10.3. The van der Waals surface area contributed by atoms with Gasteiger partial charge in [-0.15, -0.1) is 10.2 Å². The summed E-state index contributed by atoms with van der Waals surface area (Å²) in [6.45, 7) is 1.78. The summed E-state index contributed by atoms with van der Waals surface area (Å²) in [5.74, 6) is -0.904. The van der Waals surface area contributed by atoms with Gasteiger partial charge in [-0.05, 0) is 35.0 Å². The van der Waals surface area contributed by atoms with E-state index in [1.165, 1.54) is 29.5 Å². The fourth-order valence-electron chi connectivity index (χ4n) is 1.19. The van der Waals surface area contributed by atoms with Gasteiger partial charge in [-0.1, -0.05) is 17.4 Å². The van der Waals surface area contributed by atoms with Crippen LogP contribution in [0, 0.1) is 12.7 Å². The molecule has 0 atom stereocenters. The number of nitrogens with one attached hydrogen (secondary N) is 1. The van der Waals surface area contributed by atoms with Crippen LogP contribution in [0.1, 0.15) is 15.4 Å². The number of amides is 1. The van der Waals surface area contributed by atoms with Crippen molar-refractivity contribution in [1.82, 2.24) is 10.2 Å². The zero-order chi connectivity index (χ0) is 12.4. The number of hydrogen-bond acceptors (Lipinski definition) is 4. The van der Waals surface area contributed by atoms with Crippen LogP contribution >= 0.6 is 27.3 Å². The molecule has 0 saturated carbocycles. The third-order valence-electron chi connectivity index (χ3n) is 1.94. The highest BCUT2D eigenvalue weighted by molar-refractivity contribution is 9.10. The van der Waals surface area contributed by atoms with Crippen LogP contribution in [0.15, 0.2) is 22.7 Å². The van der Waals surface area contributed by atoms with Gasteiger partial charge in [-0.2, -0.15) is 0 Å². The van der Waals surface area contributed by atoms with E-state index < -0.39 is 11.7 Å². The highest BCUT2D eigenvalue weighted by Gasteiger charge is 2.14. The van der Waals surface area contributed by atoms with Crippen molar-refractivity contribution in [2.75, 3.05) is 5.32 Å². The zero-order valence-corrected chi connectivity index (χ0v) is 11.1. The smallest absolute Gasteiger partial charge is 0.258 e. The lowest BCUT2D eigenvalue weighted by molar-refractivity contribution is 0.102. The predicted molar refractivity (Wildman–Crippen MR) is 66.7 cm³/mol. The molecule has 7 heteroatoms. The van der Waals surface area contributed by atoms with Gasteiger partial charge < -0.3 is 0 Å². The molecule has 0 saturated heterocycles. The third kappa shape index (κ3) is 2.67. The summed E-state index contributed by atoms with van der Waals surface area (Å²) in [5.41, 5.74) is 0.220. The van der Waals surface area contributed by atoms with E-state index >= 15 is 0 Å². The Morgan fingerprint density at radius 1 is 1.47 bits per heavy atom. The molecular formula is C10H7BrFN3OS. The van der Waals surface area contributed by atoms with Crippen LogP contribution in [0.5, 0.6) is 0 Å². The van der Waals surface area contributed by atoms with Gasteiger partial charge >= 0.3 is 0 Å². The maximum Gasteiger partial charge on any atom is 0.258 e. The molecular weight excluding hydrogens is 309 g/mol. The van der Waals surface area contributed by atoms with Crippen molar-refractivity contribution in [3.8, 4) is 0 Å². The van der Waals surface area contributed by atoms with Crippen LogP contribution in [-0.4, -0.2) is 16.1 Å². The fraction of sp³-hybridized carbons (Fsp3) is 0.100. The number of benzene rings is 1. The number of rotatable bonds is 2. The monoisotopic (exact) mass is 315 g/mol. The predicted octanol–water partition coefficient (Wildman–Crippen LogP) is 3.00. The van der Waals surface area contributed by atoms with Crippen LogP contribution in [0.3, 0.4) is 0 Å². The molecule has 0 aliphatic carbocycles. The van der Waals surface area contributed by atoms with Gasteiger partial charge in [0.1, 0.15) is 10.8 Å². The van der Waals surface area contributed by atoms with E-state index in [2.05, 4.69) is 31.4 Å². The number of hydrogen-bond donors (Lipinski definition) is 1. The van der Waals surface area contributed by atoms with E-state index in [1.807, 2.05) is 0 Å². The first-order valence-electron chi connectivity index (χ1n) is 4.63. The molecule has 1 aromatic carbocycles. The summed E-state index contributed by atoms with van der Waals surface area (Å²) >= 11 is 4.29. The first kappa shape index (κ1) is 12.1. The lowest BCUT2D eigenvalue weighted by Gasteiger charge is -2.04. The number of aryl methyl sites for hydroxylation is 1. The van der Waals surface area contributed by atoms with Gasteiger partial charge in [0.25, 0.3) is 5.91 Å². The fourth-order valence-corrected chi connectivity index (χ4v) is 2.22. The van der Waals surface area contributed by atoms with Crippen molar-refractivity contribution in [2.24, 2.45) is 0 Å². The van der Waals surface area contributed by atoms with E-state index in [-0.39, 0.29) is 10.0 Å². The van der Waals surface area contributed by atoms with E-state index in [4.69, 9.17) is 0 Å². The minimum atomic E-state index is -0.480. The molecule has 1 N–H and O–H groups in total. The van der Waals surface area contributed by atoms with Crippen molar-refractivity contribution in [3.05, 3.63) is 39.1 Å². The topological polar surface area (TPSA) is 54.9 Å². The maximum absolute atomic E-state index is 13.2. The Kier molecular flexibility index (Phi) is 3.49. The highest BCUT2D eigenvalue weighted by atomic mass is 79.9. The van der Waals surface area contributed by atoms with E-state index in [0.29, 0.717) is 5.13 Å². The minimum absolute atomic E-state index is 0.138. The molecule has 88 valence electrons. The van der Waals surface area contributed by atoms with Crippen LogP contribution in [0.25, 0.3) is 0 Å². The summed E-state index contributed by atoms with van der Waals surface area (Å²) in [7, 11) is 0. The molecule has 0 aliphatic rings. The Bertz CT molecular complexity index is 572. The second kappa shape index (κ2) is 4.89. The van der Waals surface area contributed by atoms with E-state index in [0.717, 1.165) is 5.01 Å². The van der Waals surface area contributed by atoms with Crippen LogP contribution in [0.2, 0.25) is 0 Å². The summed E-state index contributed by atoms with van der Waals surface area (Å²) in [6, 6.07) is 4.27. The van der Waals surface area contributed by atoms with Crippen molar-refractivity contribution in [1.29, 1.82) is 0 Å². The van der Waals surface area contributed by atoms with Crippen LogP contribution in [0.4, 0.5) is 9.52 Å². The number of aromatic nitrogens is 2. The van der Waals surface area contributed by atoms with Crippen molar-refractivity contribution < 1.29 is 9.18 Å². The quantitative estimate of drug-likeness (QED) is 0.926. The Morgan fingerprint density at radius 3 is 2.88 bits per heavy atom. The van der Waals surface area contributed by atoms with Crippen LogP contribution in [-0.2, 0) is 0 Å². The third-order valence-corrected chi connectivity index (χ3v) is 3.50. The molecule has 0 unspecified atom stereocenters. The first-order valence-corrected chi connectivity index (χ1v) is 6.24. The molecule has 17 heavy (non-hydrogen) atoms. The van der Waals surface area contributed by atoms with Crippen molar-refractivity contribution in [3.63, 3.8) is 0 Å². The summed E-state index contributed by atoms with van der Waals surface area (Å²) in [4.78, 5) is 11.8. The van der Waals surface area contributed by atoms with Gasteiger partial charge in [-0.25, -0.2) is 4.39 Å². The molecule has 2 aromatic rings. The second-order valence-corrected chi connectivity index (χ2v) is 5.16. The molecule has 0 bridgehead atoms. The van der Waals surface area contributed by atoms with Gasteiger partial charge in [0, 0.05) is 0 Å².